The van der Waals surface area contributed by atoms with Gasteiger partial charge in [-0.05, 0) is 23.6 Å². The number of phenolic OH excluding ortho intramolecular Hbond substituents is 1. The summed E-state index contributed by atoms with van der Waals surface area (Å²) in [5.74, 6) is -1.01. The summed E-state index contributed by atoms with van der Waals surface area (Å²) in [6.45, 7) is 0. The van der Waals surface area contributed by atoms with Gasteiger partial charge < -0.3 is 9.84 Å². The summed E-state index contributed by atoms with van der Waals surface area (Å²) in [6, 6.07) is 11.9. The molecule has 0 saturated carbocycles. The van der Waals surface area contributed by atoms with Crippen molar-refractivity contribution < 1.29 is 19.6 Å². The second-order valence-corrected chi connectivity index (χ2v) is 6.28. The molecule has 0 atom stereocenters. The van der Waals surface area contributed by atoms with E-state index in [1.165, 1.54) is 30.7 Å². The lowest BCUT2D eigenvalue weighted by atomic mass is 10.2. The molecule has 0 spiro atoms. The summed E-state index contributed by atoms with van der Waals surface area (Å²) in [6.07, 6.45) is 1.24. The van der Waals surface area contributed by atoms with E-state index in [0.717, 1.165) is 16.2 Å². The molecular formula is C17H13N3O5S. The third kappa shape index (κ3) is 3.47. The van der Waals surface area contributed by atoms with Crippen molar-refractivity contribution in [2.75, 3.05) is 7.11 Å². The van der Waals surface area contributed by atoms with E-state index < -0.39 is 16.4 Å². The quantitative estimate of drug-likeness (QED) is 0.406. The number of nitro groups is 1. The minimum Gasteiger partial charge on any atom is -0.500 e. The molecular weight excluding hydrogens is 358 g/mol. The Labute approximate surface area is 151 Å². The summed E-state index contributed by atoms with van der Waals surface area (Å²) in [5, 5.41) is 25.5. The molecule has 3 aromatic rings. The highest BCUT2D eigenvalue weighted by Crippen LogP contribution is 2.36. The lowest BCUT2D eigenvalue weighted by Gasteiger charge is -2.05. The zero-order valence-corrected chi connectivity index (χ0v) is 14.3. The number of carbonyl (C=O) groups is 1. The number of aromatic hydroxyl groups is 1. The molecule has 0 aliphatic heterocycles. The number of hydrogen-bond donors (Lipinski definition) is 2. The fraction of sp³-hybridized carbons (Fsp3) is 0.0588. The zero-order valence-electron chi connectivity index (χ0n) is 13.5. The van der Waals surface area contributed by atoms with Crippen molar-refractivity contribution in [1.29, 1.82) is 0 Å². The van der Waals surface area contributed by atoms with Crippen LogP contribution >= 0.6 is 11.3 Å². The molecule has 1 aromatic heterocycles. The molecule has 2 aromatic carbocycles. The normalized spacial score (nSPS) is 11.0. The molecule has 132 valence electrons. The van der Waals surface area contributed by atoms with Crippen LogP contribution in [0.25, 0.3) is 10.1 Å². The van der Waals surface area contributed by atoms with E-state index in [-0.39, 0.29) is 11.7 Å². The smallest absolute Gasteiger partial charge is 0.315 e. The number of nitrogens with one attached hydrogen (secondary N) is 1. The summed E-state index contributed by atoms with van der Waals surface area (Å²) < 4.78 is 5.89. The average molecular weight is 371 g/mol. The van der Waals surface area contributed by atoms with Crippen LogP contribution in [-0.4, -0.2) is 29.3 Å². The fourth-order valence-corrected chi connectivity index (χ4v) is 3.25. The second kappa shape index (κ2) is 7.19. The van der Waals surface area contributed by atoms with Crippen LogP contribution < -0.4 is 10.2 Å². The Morgan fingerprint density at radius 3 is 2.81 bits per heavy atom. The van der Waals surface area contributed by atoms with Crippen molar-refractivity contribution in [1.82, 2.24) is 5.43 Å². The lowest BCUT2D eigenvalue weighted by Crippen LogP contribution is -2.16. The predicted octanol–water partition coefficient (Wildman–Crippen LogP) is 3.29. The van der Waals surface area contributed by atoms with Crippen molar-refractivity contribution in [2.45, 2.75) is 0 Å². The van der Waals surface area contributed by atoms with Crippen LogP contribution in [0.15, 0.2) is 47.6 Å². The van der Waals surface area contributed by atoms with Crippen molar-refractivity contribution in [3.63, 3.8) is 0 Å². The van der Waals surface area contributed by atoms with E-state index in [1.807, 2.05) is 24.3 Å². The lowest BCUT2D eigenvalue weighted by molar-refractivity contribution is -0.386. The molecule has 1 heterocycles. The molecule has 0 saturated heterocycles. The number of phenols is 1. The van der Waals surface area contributed by atoms with Gasteiger partial charge in [-0.25, -0.2) is 5.43 Å². The highest BCUT2D eigenvalue weighted by atomic mass is 32.1. The molecule has 8 nitrogen and oxygen atoms in total. The van der Waals surface area contributed by atoms with Gasteiger partial charge in [-0.1, -0.05) is 18.2 Å². The second-order valence-electron chi connectivity index (χ2n) is 5.20. The molecule has 0 fully saturated rings. The highest BCUT2D eigenvalue weighted by molar-refractivity contribution is 7.20. The molecule has 26 heavy (non-hydrogen) atoms. The van der Waals surface area contributed by atoms with Crippen molar-refractivity contribution in [3.05, 3.63) is 63.0 Å². The van der Waals surface area contributed by atoms with E-state index in [1.54, 1.807) is 6.07 Å². The van der Waals surface area contributed by atoms with Crippen LogP contribution in [0.5, 0.6) is 11.5 Å². The van der Waals surface area contributed by atoms with Crippen LogP contribution in [0.1, 0.15) is 15.2 Å². The number of rotatable bonds is 5. The minimum atomic E-state index is -0.731. The predicted molar refractivity (Wildman–Crippen MR) is 98.2 cm³/mol. The number of amides is 1. The number of hydrazone groups is 1. The van der Waals surface area contributed by atoms with Gasteiger partial charge in [0.2, 0.25) is 5.75 Å². The van der Waals surface area contributed by atoms with Gasteiger partial charge in [0.05, 0.1) is 23.1 Å². The minimum absolute atomic E-state index is 0.0588. The standard InChI is InChI=1S/C17H13N3O5S/c1-25-13-7-10(6-12(16(13)21)20(23)24)9-18-19-17(22)15-8-11-4-2-3-5-14(11)26-15/h2-9,21H,1H3,(H,19,22). The maximum Gasteiger partial charge on any atom is 0.315 e. The first kappa shape index (κ1) is 17.4. The van der Waals surface area contributed by atoms with Crippen molar-refractivity contribution >= 4 is 39.2 Å². The molecule has 9 heteroatoms. The van der Waals surface area contributed by atoms with Crippen LogP contribution in [0.3, 0.4) is 0 Å². The van der Waals surface area contributed by atoms with Crippen molar-refractivity contribution in [2.24, 2.45) is 5.10 Å². The Kier molecular flexibility index (Phi) is 4.81. The number of carbonyl (C=O) groups excluding carboxylic acids is 1. The van der Waals surface area contributed by atoms with E-state index in [4.69, 9.17) is 4.74 Å². The highest BCUT2D eigenvalue weighted by Gasteiger charge is 2.19. The molecule has 0 radical (unpaired) electrons. The van der Waals surface area contributed by atoms with E-state index >= 15 is 0 Å². The molecule has 3 rings (SSSR count). The fourth-order valence-electron chi connectivity index (χ4n) is 2.30. The Morgan fingerprint density at radius 2 is 2.12 bits per heavy atom. The zero-order chi connectivity index (χ0) is 18.7. The Balaban J connectivity index is 1.78. The summed E-state index contributed by atoms with van der Waals surface area (Å²) in [7, 11) is 1.28. The number of benzene rings is 2. The van der Waals surface area contributed by atoms with Gasteiger partial charge in [0, 0.05) is 16.3 Å². The number of nitro benzene ring substituents is 1. The number of nitrogens with zero attached hydrogens (tertiary/aromatic N) is 2. The summed E-state index contributed by atoms with van der Waals surface area (Å²) in [4.78, 5) is 22.9. The van der Waals surface area contributed by atoms with Gasteiger partial charge in [0.25, 0.3) is 5.91 Å². The number of methoxy groups -OCH3 is 1. The average Bonchev–Trinajstić information content (AvgIpc) is 3.06. The van der Waals surface area contributed by atoms with Crippen LogP contribution in [0, 0.1) is 10.1 Å². The number of hydrogen-bond acceptors (Lipinski definition) is 7. The number of fused-ring (bicyclic) bond motifs is 1. The Bertz CT molecular complexity index is 995. The first-order chi connectivity index (χ1) is 12.5. The molecule has 0 bridgehead atoms. The van der Waals surface area contributed by atoms with Crippen molar-refractivity contribution in [3.8, 4) is 11.5 Å². The van der Waals surface area contributed by atoms with Crippen LogP contribution in [0.2, 0.25) is 0 Å². The molecule has 0 unspecified atom stereocenters. The topological polar surface area (TPSA) is 114 Å². The molecule has 0 aliphatic carbocycles. The summed E-state index contributed by atoms with van der Waals surface area (Å²) in [5.41, 5.74) is 2.16. The summed E-state index contributed by atoms with van der Waals surface area (Å²) >= 11 is 1.34. The molecule has 2 N–H and O–H groups in total. The third-order valence-electron chi connectivity index (χ3n) is 3.52. The van der Waals surface area contributed by atoms with Gasteiger partial charge in [0.1, 0.15) is 0 Å². The monoisotopic (exact) mass is 371 g/mol. The number of thiophene rings is 1. The van der Waals surface area contributed by atoms with Gasteiger partial charge in [-0.15, -0.1) is 11.3 Å². The first-order valence-corrected chi connectivity index (χ1v) is 8.18. The molecule has 0 aliphatic rings. The first-order valence-electron chi connectivity index (χ1n) is 7.37. The van der Waals surface area contributed by atoms with E-state index in [9.17, 15) is 20.0 Å². The maximum absolute atomic E-state index is 12.2. The van der Waals surface area contributed by atoms with Crippen LogP contribution in [0.4, 0.5) is 5.69 Å². The Morgan fingerprint density at radius 1 is 1.35 bits per heavy atom. The van der Waals surface area contributed by atoms with Crippen LogP contribution in [-0.2, 0) is 0 Å². The Hall–Kier alpha value is -3.46. The van der Waals surface area contributed by atoms with E-state index in [0.29, 0.717) is 10.4 Å². The SMILES string of the molecule is COc1cc(C=NNC(=O)c2cc3ccccc3s2)cc([N+](=O)[O-])c1O. The van der Waals surface area contributed by atoms with E-state index in [2.05, 4.69) is 10.5 Å². The molecule has 1 amide bonds. The van der Waals surface area contributed by atoms with Gasteiger partial charge in [-0.3, -0.25) is 14.9 Å². The van der Waals surface area contributed by atoms with Gasteiger partial charge in [-0.2, -0.15) is 5.10 Å². The third-order valence-corrected chi connectivity index (χ3v) is 4.64. The van der Waals surface area contributed by atoms with Gasteiger partial charge in [0.15, 0.2) is 5.75 Å². The maximum atomic E-state index is 12.2. The number of ether oxygens (including phenoxy) is 1. The van der Waals surface area contributed by atoms with Gasteiger partial charge >= 0.3 is 5.69 Å². The largest absolute Gasteiger partial charge is 0.500 e.